The predicted molar refractivity (Wildman–Crippen MR) is 154 cm³/mol. The first kappa shape index (κ1) is 26.9. The summed E-state index contributed by atoms with van der Waals surface area (Å²) in [4.78, 5) is 36.5. The zero-order valence-corrected chi connectivity index (χ0v) is 22.1. The summed E-state index contributed by atoms with van der Waals surface area (Å²) in [5, 5.41) is 23.7. The number of amides is 2. The maximum atomic E-state index is 12.7. The minimum atomic E-state index is -0.467. The van der Waals surface area contributed by atoms with E-state index in [2.05, 4.69) is 15.2 Å². The lowest BCUT2D eigenvalue weighted by atomic mass is 10.00. The maximum absolute atomic E-state index is 12.7. The van der Waals surface area contributed by atoms with Crippen molar-refractivity contribution < 1.29 is 24.5 Å². The second-order valence-electron chi connectivity index (χ2n) is 9.46. The number of carbonyl (C=O) groups is 2. The fraction of sp³-hybridized carbons (Fsp3) is 0.233. The number of aliphatic hydroxyl groups excluding tert-OH is 1. The summed E-state index contributed by atoms with van der Waals surface area (Å²) in [6, 6.07) is 21.6. The maximum Gasteiger partial charge on any atom is 0.337 e. The van der Waals surface area contributed by atoms with Crippen molar-refractivity contribution in [1.29, 1.82) is 0 Å². The van der Waals surface area contributed by atoms with E-state index in [4.69, 9.17) is 14.8 Å². The number of nitrogens with zero attached hydrogens (tertiary/aromatic N) is 3. The van der Waals surface area contributed by atoms with E-state index in [1.54, 1.807) is 47.4 Å². The number of H-pyrrole nitrogens is 1. The Bertz CT molecular complexity index is 1520. The highest BCUT2D eigenvalue weighted by Gasteiger charge is 2.22. The summed E-state index contributed by atoms with van der Waals surface area (Å²) >= 11 is 0. The molecule has 1 fully saturated rings. The predicted octanol–water partition coefficient (Wildman–Crippen LogP) is 3.97. The number of aromatic nitrogens is 1. The number of aliphatic hydroxyl groups is 1. The first-order valence-corrected chi connectivity index (χ1v) is 13.0. The molecule has 10 heteroatoms. The molecule has 1 aliphatic rings. The Morgan fingerprint density at radius 3 is 2.38 bits per heavy atom. The van der Waals surface area contributed by atoms with Crippen LogP contribution in [0.5, 0.6) is 5.88 Å². The first-order valence-electron chi connectivity index (χ1n) is 13.0. The van der Waals surface area contributed by atoms with E-state index in [-0.39, 0.29) is 18.5 Å². The fourth-order valence-corrected chi connectivity index (χ4v) is 4.80. The molecule has 5 rings (SSSR count). The molecule has 10 nitrogen and oxygen atoms in total. The number of esters is 1. The molecule has 206 valence electrons. The summed E-state index contributed by atoms with van der Waals surface area (Å²) in [7, 11) is 1.32. The number of nitrogens with one attached hydrogen (secondary N) is 2. The molecule has 40 heavy (non-hydrogen) atoms. The first-order chi connectivity index (χ1) is 19.5. The van der Waals surface area contributed by atoms with Crippen LogP contribution in [0.2, 0.25) is 0 Å². The number of aromatic hydroxyl groups is 1. The number of aliphatic imine (C=N–C) groups is 1. The van der Waals surface area contributed by atoms with E-state index in [1.807, 2.05) is 30.3 Å². The van der Waals surface area contributed by atoms with Gasteiger partial charge < -0.3 is 30.2 Å². The van der Waals surface area contributed by atoms with Crippen LogP contribution in [0.3, 0.4) is 0 Å². The molecule has 1 saturated heterocycles. The molecule has 0 aliphatic carbocycles. The average Bonchev–Trinajstić information content (AvgIpc) is 3.31. The minimum absolute atomic E-state index is 0.0670. The van der Waals surface area contributed by atoms with Crippen LogP contribution in [-0.4, -0.2) is 89.1 Å². The quantitative estimate of drug-likeness (QED) is 0.207. The monoisotopic (exact) mass is 541 g/mol. The number of fused-ring (bicyclic) bond motifs is 1. The Morgan fingerprint density at radius 1 is 0.975 bits per heavy atom. The summed E-state index contributed by atoms with van der Waals surface area (Å²) in [5.41, 5.74) is 4.08. The minimum Gasteiger partial charge on any atom is -0.494 e. The Kier molecular flexibility index (Phi) is 8.09. The van der Waals surface area contributed by atoms with Gasteiger partial charge in [-0.15, -0.1) is 0 Å². The van der Waals surface area contributed by atoms with Crippen molar-refractivity contribution in [1.82, 2.24) is 14.8 Å². The van der Waals surface area contributed by atoms with Gasteiger partial charge in [0.15, 0.2) is 5.88 Å². The average molecular weight is 542 g/mol. The summed E-state index contributed by atoms with van der Waals surface area (Å²) < 4.78 is 4.82. The number of rotatable bonds is 7. The van der Waals surface area contributed by atoms with Crippen LogP contribution in [0.4, 0.5) is 16.2 Å². The second kappa shape index (κ2) is 12.0. The van der Waals surface area contributed by atoms with Gasteiger partial charge in [-0.05, 0) is 36.4 Å². The van der Waals surface area contributed by atoms with Crippen LogP contribution in [-0.2, 0) is 4.74 Å². The van der Waals surface area contributed by atoms with Gasteiger partial charge in [0.2, 0.25) is 0 Å². The van der Waals surface area contributed by atoms with Gasteiger partial charge in [0, 0.05) is 54.9 Å². The molecular weight excluding hydrogens is 510 g/mol. The number of aromatic amines is 1. The van der Waals surface area contributed by atoms with Crippen LogP contribution in [0, 0.1) is 0 Å². The number of hydrogen-bond acceptors (Lipinski definition) is 7. The van der Waals surface area contributed by atoms with Crippen LogP contribution in [0.1, 0.15) is 21.5 Å². The van der Waals surface area contributed by atoms with Crippen molar-refractivity contribution in [3.05, 3.63) is 89.5 Å². The van der Waals surface area contributed by atoms with Gasteiger partial charge in [0.1, 0.15) is 0 Å². The summed E-state index contributed by atoms with van der Waals surface area (Å²) in [6.45, 7) is 3.40. The number of urea groups is 1. The number of methoxy groups -OCH3 is 1. The van der Waals surface area contributed by atoms with Gasteiger partial charge in [-0.1, -0.05) is 36.4 Å². The third kappa shape index (κ3) is 5.83. The lowest BCUT2D eigenvalue weighted by Crippen LogP contribution is -2.50. The number of hydrogen-bond donors (Lipinski definition) is 4. The molecule has 0 radical (unpaired) electrons. The highest BCUT2D eigenvalue weighted by molar-refractivity contribution is 6.22. The van der Waals surface area contributed by atoms with Crippen LogP contribution < -0.4 is 5.32 Å². The number of β-amino-alcohol motifs (C(OH)–C–C–N with tert-alkyl or cyclic N) is 1. The highest BCUT2D eigenvalue weighted by Crippen LogP contribution is 2.32. The zero-order valence-electron chi connectivity index (χ0n) is 22.1. The molecule has 4 N–H and O–H groups in total. The molecule has 3 aromatic carbocycles. The van der Waals surface area contributed by atoms with Crippen molar-refractivity contribution >= 4 is 40.0 Å². The molecular formula is C30H31N5O5. The van der Waals surface area contributed by atoms with Crippen LogP contribution in [0.25, 0.3) is 10.9 Å². The number of ether oxygens (including phenoxy) is 1. The van der Waals surface area contributed by atoms with Crippen LogP contribution >= 0.6 is 0 Å². The topological polar surface area (TPSA) is 130 Å². The number of benzene rings is 3. The van der Waals surface area contributed by atoms with Gasteiger partial charge in [0.05, 0.1) is 36.2 Å². The van der Waals surface area contributed by atoms with Crippen molar-refractivity contribution in [2.24, 2.45) is 4.99 Å². The Balaban J connectivity index is 1.41. The lowest BCUT2D eigenvalue weighted by molar-refractivity contribution is 0.0601. The molecule has 0 spiro atoms. The Hall–Kier alpha value is -4.67. The molecule has 4 aromatic rings. The normalized spacial score (nSPS) is 14.3. The van der Waals surface area contributed by atoms with Crippen molar-refractivity contribution in [3.8, 4) is 5.88 Å². The number of piperazine rings is 1. The van der Waals surface area contributed by atoms with E-state index in [0.29, 0.717) is 58.8 Å². The van der Waals surface area contributed by atoms with E-state index in [9.17, 15) is 14.7 Å². The smallest absolute Gasteiger partial charge is 0.337 e. The van der Waals surface area contributed by atoms with Crippen molar-refractivity contribution in [3.63, 3.8) is 0 Å². The van der Waals surface area contributed by atoms with Crippen LogP contribution in [0.15, 0.2) is 77.8 Å². The molecule has 2 amide bonds. The Morgan fingerprint density at radius 2 is 1.70 bits per heavy atom. The van der Waals surface area contributed by atoms with Gasteiger partial charge in [-0.25, -0.2) is 14.6 Å². The summed E-state index contributed by atoms with van der Waals surface area (Å²) in [6.07, 6.45) is 0. The molecule has 0 unspecified atom stereocenters. The standard InChI is InChI=1S/C30H31N5O5/c1-40-29(38)21-7-12-24-25(19-21)33-28(37)26(24)27(20-5-3-2-4-6-20)31-22-8-10-23(11-9-22)32-30(39)35-15-13-34(14-16-35)17-18-36/h2-12,19,33,36-37H,13-18H2,1H3,(H,32,39). The van der Waals surface area contributed by atoms with Gasteiger partial charge in [-0.3, -0.25) is 4.90 Å². The molecule has 1 aliphatic heterocycles. The molecule has 2 heterocycles. The van der Waals surface area contributed by atoms with E-state index < -0.39 is 5.97 Å². The third-order valence-electron chi connectivity index (χ3n) is 6.92. The highest BCUT2D eigenvalue weighted by atomic mass is 16.5. The van der Waals surface area contributed by atoms with E-state index >= 15 is 0 Å². The number of carbonyl (C=O) groups excluding carboxylic acids is 2. The molecule has 1 aromatic heterocycles. The zero-order chi connectivity index (χ0) is 28.1. The molecule has 0 atom stereocenters. The van der Waals surface area contributed by atoms with E-state index in [0.717, 1.165) is 18.7 Å². The fourth-order valence-electron chi connectivity index (χ4n) is 4.80. The van der Waals surface area contributed by atoms with Crippen molar-refractivity contribution in [2.75, 3.05) is 51.8 Å². The van der Waals surface area contributed by atoms with E-state index in [1.165, 1.54) is 7.11 Å². The number of anilines is 1. The SMILES string of the molecule is COC(=O)c1ccc2c(C(=Nc3ccc(NC(=O)N4CCN(CCO)CC4)cc3)c3ccccc3)c(O)[nH]c2c1. The van der Waals surface area contributed by atoms with Crippen molar-refractivity contribution in [2.45, 2.75) is 0 Å². The molecule has 0 saturated carbocycles. The van der Waals surface area contributed by atoms with Gasteiger partial charge >= 0.3 is 12.0 Å². The molecule has 0 bridgehead atoms. The third-order valence-corrected chi connectivity index (χ3v) is 6.92. The summed E-state index contributed by atoms with van der Waals surface area (Å²) in [5.74, 6) is -0.534. The van der Waals surface area contributed by atoms with Gasteiger partial charge in [0.25, 0.3) is 0 Å². The van der Waals surface area contributed by atoms with Gasteiger partial charge in [-0.2, -0.15) is 0 Å². The second-order valence-corrected chi connectivity index (χ2v) is 9.46. The lowest BCUT2D eigenvalue weighted by Gasteiger charge is -2.34. The largest absolute Gasteiger partial charge is 0.494 e. The Labute approximate surface area is 231 Å².